The highest BCUT2D eigenvalue weighted by atomic mass is 19.1. The Morgan fingerprint density at radius 2 is 1.75 bits per heavy atom. The maximum absolute atomic E-state index is 13.3. The van der Waals surface area contributed by atoms with Crippen molar-refractivity contribution in [2.45, 2.75) is 19.5 Å². The molecular weight excluding hydrogens is 151 g/mol. The first kappa shape index (κ1) is 8.98. The zero-order valence-corrected chi connectivity index (χ0v) is 7.47. The predicted octanol–water partition coefficient (Wildman–Crippen LogP) is 3.53. The lowest BCUT2D eigenvalue weighted by Gasteiger charge is -2.14. The van der Waals surface area contributed by atoms with E-state index in [-0.39, 0.29) is 0 Å². The molecule has 0 radical (unpaired) electrons. The van der Waals surface area contributed by atoms with Gasteiger partial charge in [-0.2, -0.15) is 0 Å². The fourth-order valence-electron chi connectivity index (χ4n) is 1.02. The van der Waals surface area contributed by atoms with Gasteiger partial charge in [-0.1, -0.05) is 36.9 Å². The lowest BCUT2D eigenvalue weighted by atomic mass is 9.99. The van der Waals surface area contributed by atoms with E-state index in [1.165, 1.54) is 0 Å². The summed E-state index contributed by atoms with van der Waals surface area (Å²) in [7, 11) is 0. The number of alkyl halides is 1. The van der Waals surface area contributed by atoms with Crippen LogP contribution in [0.3, 0.4) is 0 Å². The highest BCUT2D eigenvalue weighted by Crippen LogP contribution is 2.24. The third kappa shape index (κ3) is 1.94. The Kier molecular flexibility index (Phi) is 2.32. The van der Waals surface area contributed by atoms with Gasteiger partial charge >= 0.3 is 0 Å². The number of hydrogen-bond donors (Lipinski definition) is 0. The Morgan fingerprint density at radius 1 is 1.25 bits per heavy atom. The van der Waals surface area contributed by atoms with E-state index in [9.17, 15) is 4.39 Å². The summed E-state index contributed by atoms with van der Waals surface area (Å²) in [5.74, 6) is 0. The molecule has 1 heteroatoms. The normalized spacial score (nSPS) is 11.2. The van der Waals surface area contributed by atoms with Crippen LogP contribution in [-0.2, 0) is 5.67 Å². The molecule has 0 atom stereocenters. The van der Waals surface area contributed by atoms with Crippen LogP contribution in [0.2, 0.25) is 0 Å². The molecule has 0 bridgehead atoms. The molecule has 0 saturated heterocycles. The molecule has 0 spiro atoms. The summed E-state index contributed by atoms with van der Waals surface area (Å²) in [5, 5.41) is 0. The summed E-state index contributed by atoms with van der Waals surface area (Å²) in [6, 6.07) is 7.31. The molecule has 0 fully saturated rings. The van der Waals surface area contributed by atoms with Crippen molar-refractivity contribution in [2.24, 2.45) is 0 Å². The molecule has 0 aromatic heterocycles. The molecule has 0 saturated carbocycles. The Balaban J connectivity index is 3.00. The second-order valence-electron chi connectivity index (χ2n) is 3.30. The zero-order chi connectivity index (χ0) is 9.19. The van der Waals surface area contributed by atoms with Gasteiger partial charge in [-0.25, -0.2) is 4.39 Å². The molecule has 1 rings (SSSR count). The summed E-state index contributed by atoms with van der Waals surface area (Å²) in [5.41, 5.74) is 0.468. The van der Waals surface area contributed by atoms with Crippen molar-refractivity contribution in [3.8, 4) is 0 Å². The van der Waals surface area contributed by atoms with Gasteiger partial charge in [0.2, 0.25) is 0 Å². The lowest BCUT2D eigenvalue weighted by Crippen LogP contribution is -2.08. The van der Waals surface area contributed by atoms with Crippen LogP contribution in [0.1, 0.15) is 25.0 Å². The van der Waals surface area contributed by atoms with Gasteiger partial charge in [-0.15, -0.1) is 0 Å². The lowest BCUT2D eigenvalue weighted by molar-refractivity contribution is 0.221. The molecule has 1 aromatic carbocycles. The second kappa shape index (κ2) is 3.10. The summed E-state index contributed by atoms with van der Waals surface area (Å²) in [6.07, 6.45) is 1.75. The summed E-state index contributed by atoms with van der Waals surface area (Å²) in [6.45, 7) is 6.73. The van der Waals surface area contributed by atoms with Gasteiger partial charge in [0.15, 0.2) is 0 Å². The van der Waals surface area contributed by atoms with Crippen molar-refractivity contribution in [3.63, 3.8) is 0 Å². The number of rotatable bonds is 2. The quantitative estimate of drug-likeness (QED) is 0.627. The number of halogens is 1. The van der Waals surface area contributed by atoms with Gasteiger partial charge < -0.3 is 0 Å². The summed E-state index contributed by atoms with van der Waals surface area (Å²) < 4.78 is 13.3. The smallest absolute Gasteiger partial charge is 0.130 e. The van der Waals surface area contributed by atoms with Crippen molar-refractivity contribution >= 4 is 6.08 Å². The molecule has 64 valence electrons. The molecule has 0 aliphatic rings. The van der Waals surface area contributed by atoms with Crippen molar-refractivity contribution in [2.75, 3.05) is 0 Å². The van der Waals surface area contributed by atoms with Crippen LogP contribution in [-0.4, -0.2) is 0 Å². The minimum Gasteiger partial charge on any atom is -0.239 e. The minimum absolute atomic E-state index is 0.702. The van der Waals surface area contributed by atoms with Gasteiger partial charge in [0.05, 0.1) is 0 Å². The third-order valence-electron chi connectivity index (χ3n) is 1.83. The van der Waals surface area contributed by atoms with Crippen LogP contribution in [0.5, 0.6) is 0 Å². The topological polar surface area (TPSA) is 0 Å². The van der Waals surface area contributed by atoms with Crippen molar-refractivity contribution in [1.29, 1.82) is 0 Å². The largest absolute Gasteiger partial charge is 0.239 e. The fourth-order valence-corrected chi connectivity index (χ4v) is 1.02. The van der Waals surface area contributed by atoms with E-state index >= 15 is 0 Å². The standard InChI is InChI=1S/C11H13F/c1-4-9-5-7-10(8-6-9)11(2,3)12/h4-8H,1H2,2-3H3. The van der Waals surface area contributed by atoms with Crippen molar-refractivity contribution < 1.29 is 4.39 Å². The monoisotopic (exact) mass is 164 g/mol. The van der Waals surface area contributed by atoms with Crippen LogP contribution in [0, 0.1) is 0 Å². The maximum Gasteiger partial charge on any atom is 0.130 e. The highest BCUT2D eigenvalue weighted by molar-refractivity contribution is 5.47. The van der Waals surface area contributed by atoms with Crippen molar-refractivity contribution in [3.05, 3.63) is 42.0 Å². The first-order chi connectivity index (χ1) is 5.54. The Morgan fingerprint density at radius 3 is 2.08 bits per heavy atom. The molecule has 0 heterocycles. The molecule has 0 aliphatic carbocycles. The Bertz CT molecular complexity index is 264. The molecule has 0 nitrogen and oxygen atoms in total. The third-order valence-corrected chi connectivity index (χ3v) is 1.83. The molecule has 0 aliphatic heterocycles. The molecule has 12 heavy (non-hydrogen) atoms. The van der Waals surface area contributed by atoms with E-state index in [2.05, 4.69) is 6.58 Å². The number of hydrogen-bond acceptors (Lipinski definition) is 0. The first-order valence-corrected chi connectivity index (χ1v) is 3.96. The minimum atomic E-state index is -1.25. The predicted molar refractivity (Wildman–Crippen MR) is 50.7 cm³/mol. The second-order valence-corrected chi connectivity index (χ2v) is 3.30. The fraction of sp³-hybridized carbons (Fsp3) is 0.273. The van der Waals surface area contributed by atoms with Crippen LogP contribution in [0.15, 0.2) is 30.8 Å². The zero-order valence-electron chi connectivity index (χ0n) is 7.47. The van der Waals surface area contributed by atoms with Gasteiger partial charge in [0.1, 0.15) is 5.67 Å². The van der Waals surface area contributed by atoms with E-state index < -0.39 is 5.67 Å². The van der Waals surface area contributed by atoms with E-state index in [1.807, 2.05) is 12.1 Å². The van der Waals surface area contributed by atoms with E-state index in [0.717, 1.165) is 5.56 Å². The molecular formula is C11H13F. The maximum atomic E-state index is 13.3. The Labute approximate surface area is 72.7 Å². The van der Waals surface area contributed by atoms with Crippen LogP contribution in [0.25, 0.3) is 6.08 Å². The number of benzene rings is 1. The average molecular weight is 164 g/mol. The van der Waals surface area contributed by atoms with E-state index in [4.69, 9.17) is 0 Å². The average Bonchev–Trinajstić information content (AvgIpc) is 2.03. The molecule has 0 amide bonds. The first-order valence-electron chi connectivity index (χ1n) is 3.96. The highest BCUT2D eigenvalue weighted by Gasteiger charge is 2.17. The van der Waals surface area contributed by atoms with Gasteiger partial charge in [0.25, 0.3) is 0 Å². The van der Waals surface area contributed by atoms with Gasteiger partial charge in [-0.05, 0) is 25.0 Å². The van der Waals surface area contributed by atoms with E-state index in [1.54, 1.807) is 32.1 Å². The molecule has 0 unspecified atom stereocenters. The van der Waals surface area contributed by atoms with Crippen molar-refractivity contribution in [1.82, 2.24) is 0 Å². The van der Waals surface area contributed by atoms with Gasteiger partial charge in [0, 0.05) is 0 Å². The summed E-state index contributed by atoms with van der Waals surface area (Å²) >= 11 is 0. The van der Waals surface area contributed by atoms with E-state index in [0.29, 0.717) is 5.56 Å². The Hall–Kier alpha value is -1.11. The molecule has 1 aromatic rings. The SMILES string of the molecule is C=Cc1ccc(C(C)(C)F)cc1. The van der Waals surface area contributed by atoms with Crippen LogP contribution < -0.4 is 0 Å². The molecule has 0 N–H and O–H groups in total. The summed E-state index contributed by atoms with van der Waals surface area (Å²) in [4.78, 5) is 0. The van der Waals surface area contributed by atoms with Gasteiger partial charge in [-0.3, -0.25) is 0 Å². The van der Waals surface area contributed by atoms with Crippen LogP contribution in [0.4, 0.5) is 4.39 Å². The van der Waals surface area contributed by atoms with Crippen LogP contribution >= 0.6 is 0 Å².